The van der Waals surface area contributed by atoms with Gasteiger partial charge in [-0.15, -0.1) is 4.33 Å². The van der Waals surface area contributed by atoms with E-state index >= 15 is 0 Å². The first kappa shape index (κ1) is 23.3. The number of rotatable bonds is 13. The van der Waals surface area contributed by atoms with Crippen LogP contribution in [0.1, 0.15) is 5.82 Å². The van der Waals surface area contributed by atoms with Crippen LogP contribution < -0.4 is 10.2 Å². The van der Waals surface area contributed by atoms with Crippen molar-refractivity contribution < 1.29 is 26.9 Å². The minimum absolute atomic E-state index is 0.0693. The third-order valence-corrected chi connectivity index (χ3v) is 5.51. The van der Waals surface area contributed by atoms with E-state index < -0.39 is 9.84 Å². The van der Waals surface area contributed by atoms with Crippen molar-refractivity contribution in [1.82, 2.24) is 15.0 Å². The number of anilines is 3. The zero-order valence-electron chi connectivity index (χ0n) is 16.3. The number of benzene rings is 1. The molecule has 2 rings (SSSR count). The van der Waals surface area contributed by atoms with Crippen LogP contribution in [0.25, 0.3) is 0 Å². The third kappa shape index (κ3) is 8.08. The van der Waals surface area contributed by atoms with Crippen LogP contribution in [0.2, 0.25) is 0 Å². The molecule has 0 saturated heterocycles. The van der Waals surface area contributed by atoms with Crippen molar-refractivity contribution in [3.63, 3.8) is 0 Å². The number of aryl methyl sites for hydroxylation is 1. The third-order valence-electron chi connectivity index (χ3n) is 3.54. The molecule has 13 heteroatoms. The molecule has 0 unspecified atom stereocenters. The smallest absolute Gasteiger partial charge is 0.234 e. The molecule has 0 bridgehead atoms. The largest absolute Gasteiger partial charge is 0.357 e. The van der Waals surface area contributed by atoms with Gasteiger partial charge in [0.2, 0.25) is 11.9 Å². The Bertz CT molecular complexity index is 856. The number of hydrogen-bond donors (Lipinski definition) is 1. The molecule has 0 amide bonds. The maximum atomic E-state index is 12.4. The molecule has 1 aromatic heterocycles. The summed E-state index contributed by atoms with van der Waals surface area (Å²) in [6.07, 6.45) is 0. The van der Waals surface area contributed by atoms with Gasteiger partial charge in [-0.3, -0.25) is 4.18 Å². The van der Waals surface area contributed by atoms with Crippen molar-refractivity contribution in [2.45, 2.75) is 6.92 Å². The summed E-state index contributed by atoms with van der Waals surface area (Å²) in [5, 5.41) is 7.01. The van der Waals surface area contributed by atoms with Crippen LogP contribution in [-0.4, -0.2) is 62.2 Å². The second-order valence-corrected chi connectivity index (χ2v) is 8.40. The lowest BCUT2D eigenvalue weighted by molar-refractivity contribution is -0.449. The van der Waals surface area contributed by atoms with Gasteiger partial charge in [0.25, 0.3) is 0 Å². The number of aromatic nitrogens is 3. The van der Waals surface area contributed by atoms with E-state index in [1.165, 1.54) is 7.11 Å². The fourth-order valence-electron chi connectivity index (χ4n) is 2.24. The van der Waals surface area contributed by atoms with Gasteiger partial charge in [0, 0.05) is 19.3 Å². The van der Waals surface area contributed by atoms with Gasteiger partial charge >= 0.3 is 0 Å². The van der Waals surface area contributed by atoms with Crippen molar-refractivity contribution in [2.75, 3.05) is 49.0 Å². The molecule has 160 valence electrons. The lowest BCUT2D eigenvalue weighted by Crippen LogP contribution is -2.29. The first-order valence-corrected chi connectivity index (χ1v) is 11.0. The topological polar surface area (TPSA) is 125 Å². The highest BCUT2D eigenvalue weighted by molar-refractivity contribution is 7.91. The van der Waals surface area contributed by atoms with Crippen molar-refractivity contribution in [3.05, 3.63) is 36.2 Å². The summed E-state index contributed by atoms with van der Waals surface area (Å²) < 4.78 is 34.1. The van der Waals surface area contributed by atoms with E-state index in [0.29, 0.717) is 30.0 Å². The molecule has 0 spiro atoms. The van der Waals surface area contributed by atoms with E-state index in [4.69, 9.17) is 4.18 Å². The second kappa shape index (κ2) is 11.8. The van der Waals surface area contributed by atoms with Crippen LogP contribution in [-0.2, 0) is 28.3 Å². The minimum Gasteiger partial charge on any atom is -0.357 e. The van der Waals surface area contributed by atoms with E-state index in [1.807, 2.05) is 30.3 Å². The minimum atomic E-state index is -3.41. The first-order chi connectivity index (χ1) is 13.9. The van der Waals surface area contributed by atoms with Crippen LogP contribution in [0.3, 0.4) is 0 Å². The lowest BCUT2D eigenvalue weighted by atomic mass is 10.3. The molecule has 0 aliphatic carbocycles. The Balaban J connectivity index is 2.06. The van der Waals surface area contributed by atoms with E-state index in [1.54, 1.807) is 18.9 Å². The normalized spacial score (nSPS) is 11.4. The maximum Gasteiger partial charge on any atom is 0.234 e. The fraction of sp³-hybridized carbons (Fsp3) is 0.438. The predicted octanol–water partition coefficient (Wildman–Crippen LogP) is 1.86. The summed E-state index contributed by atoms with van der Waals surface area (Å²) in [6.45, 7) is 1.84. The molecule has 1 aromatic carbocycles. The zero-order chi connectivity index (χ0) is 21.1. The van der Waals surface area contributed by atoms with E-state index in [0.717, 1.165) is 5.69 Å². The SMILES string of the molecule is CNc1nc(C)nc(N(CCS(=O)(=O)CCOSOOOC)c2ccccc2)n1. The van der Waals surface area contributed by atoms with Gasteiger partial charge in [0.1, 0.15) is 5.82 Å². The van der Waals surface area contributed by atoms with Gasteiger partial charge in [-0.05, 0) is 19.1 Å². The molecule has 29 heavy (non-hydrogen) atoms. The molecule has 0 fully saturated rings. The predicted molar refractivity (Wildman–Crippen MR) is 109 cm³/mol. The van der Waals surface area contributed by atoms with E-state index in [9.17, 15) is 8.42 Å². The average Bonchev–Trinajstić information content (AvgIpc) is 2.71. The number of nitrogens with one attached hydrogen (secondary N) is 1. The summed E-state index contributed by atoms with van der Waals surface area (Å²) in [5.41, 5.74) is 0.771. The summed E-state index contributed by atoms with van der Waals surface area (Å²) in [7, 11) is -0.441. The van der Waals surface area contributed by atoms with Crippen molar-refractivity contribution in [2.24, 2.45) is 0 Å². The average molecular weight is 446 g/mol. The second-order valence-electron chi connectivity index (χ2n) is 5.59. The fourth-order valence-corrected chi connectivity index (χ4v) is 3.62. The first-order valence-electron chi connectivity index (χ1n) is 8.54. The zero-order valence-corrected chi connectivity index (χ0v) is 17.9. The van der Waals surface area contributed by atoms with Gasteiger partial charge < -0.3 is 10.2 Å². The lowest BCUT2D eigenvalue weighted by Gasteiger charge is -2.23. The molecule has 0 aliphatic rings. The van der Waals surface area contributed by atoms with Crippen LogP contribution in [0, 0.1) is 6.92 Å². The van der Waals surface area contributed by atoms with E-state index in [2.05, 4.69) is 34.5 Å². The molecule has 0 saturated carbocycles. The summed E-state index contributed by atoms with van der Waals surface area (Å²) in [5.74, 6) is 0.981. The standard InChI is InChI=1S/C16H23N5O6S2/c1-13-18-15(17-2)20-16(19-13)21(14-7-5-4-6-8-14)9-11-29(22,23)12-10-25-28-27-26-24-3/h4-8H,9-12H2,1-3H3,(H,17,18,19,20). The molecule has 1 heterocycles. The van der Waals surface area contributed by atoms with Gasteiger partial charge in [-0.25, -0.2) is 13.3 Å². The highest BCUT2D eigenvalue weighted by Crippen LogP contribution is 2.22. The summed E-state index contributed by atoms with van der Waals surface area (Å²) in [6, 6.07) is 9.31. The molecule has 2 aromatic rings. The Morgan fingerprint density at radius 1 is 1.14 bits per heavy atom. The molecule has 1 N–H and O–H groups in total. The van der Waals surface area contributed by atoms with Gasteiger partial charge in [-0.2, -0.15) is 15.0 Å². The molecule has 11 nitrogen and oxygen atoms in total. The quantitative estimate of drug-likeness (QED) is 0.209. The van der Waals surface area contributed by atoms with Gasteiger partial charge in [0.15, 0.2) is 22.2 Å². The van der Waals surface area contributed by atoms with Crippen LogP contribution >= 0.6 is 12.3 Å². The molecule has 0 radical (unpaired) electrons. The molecule has 0 atom stereocenters. The number of para-hydroxylation sites is 1. The van der Waals surface area contributed by atoms with Crippen LogP contribution in [0.5, 0.6) is 0 Å². The Morgan fingerprint density at radius 3 is 2.59 bits per heavy atom. The molecular weight excluding hydrogens is 422 g/mol. The Labute approximate surface area is 173 Å². The number of hydrogen-bond acceptors (Lipinski definition) is 12. The highest BCUT2D eigenvalue weighted by Gasteiger charge is 2.19. The molecule has 0 aliphatic heterocycles. The maximum absolute atomic E-state index is 12.4. The van der Waals surface area contributed by atoms with Crippen LogP contribution in [0.15, 0.2) is 30.3 Å². The van der Waals surface area contributed by atoms with E-state index in [-0.39, 0.29) is 24.7 Å². The van der Waals surface area contributed by atoms with Crippen LogP contribution in [0.4, 0.5) is 17.6 Å². The van der Waals surface area contributed by atoms with Gasteiger partial charge in [0.05, 0.1) is 25.2 Å². The van der Waals surface area contributed by atoms with Gasteiger partial charge in [-0.1, -0.05) is 23.2 Å². The Morgan fingerprint density at radius 2 is 1.90 bits per heavy atom. The summed E-state index contributed by atoms with van der Waals surface area (Å²) in [4.78, 5) is 18.8. The van der Waals surface area contributed by atoms with Crippen molar-refractivity contribution in [3.8, 4) is 0 Å². The monoisotopic (exact) mass is 445 g/mol. The number of nitrogens with zero attached hydrogens (tertiary/aromatic N) is 4. The van der Waals surface area contributed by atoms with Crippen molar-refractivity contribution in [1.29, 1.82) is 0 Å². The summed E-state index contributed by atoms with van der Waals surface area (Å²) >= 11 is 0.486. The Kier molecular flexibility index (Phi) is 9.50. The van der Waals surface area contributed by atoms with Crippen molar-refractivity contribution >= 4 is 39.7 Å². The molecular formula is C16H23N5O6S2. The Hall–Kier alpha value is -2.03. The number of sulfone groups is 1. The highest BCUT2D eigenvalue weighted by atomic mass is 32.2.